The molecule has 1 aromatic rings. The first-order valence-electron chi connectivity index (χ1n) is 12.3. The van der Waals surface area contributed by atoms with Crippen molar-refractivity contribution in [3.05, 3.63) is 27.2 Å². The molecule has 0 aromatic heterocycles. The van der Waals surface area contributed by atoms with Crippen molar-refractivity contribution in [3.63, 3.8) is 0 Å². The minimum absolute atomic E-state index is 0.0204. The van der Waals surface area contributed by atoms with Gasteiger partial charge in [-0.15, -0.1) is 0 Å². The largest absolute Gasteiger partial charge is 0.330 e. The lowest BCUT2D eigenvalue weighted by atomic mass is 10.0. The van der Waals surface area contributed by atoms with Crippen LogP contribution in [-0.4, -0.2) is 40.4 Å². The Labute approximate surface area is 220 Å². The van der Waals surface area contributed by atoms with E-state index in [4.69, 9.17) is 40.5 Å². The standard InChI is InChI=1S/C24H40Cl3N3O3S/c25-21-14-15-22(24(27)23(21)26)34(32,33)30-19-10-6-8-13-20(31)12-7-4-2-1-3-5-9-17-29-18-11-16-28/h14-15,29-30H,1-13,16-19,28H2. The van der Waals surface area contributed by atoms with Crippen LogP contribution in [0.25, 0.3) is 0 Å². The second-order valence-corrected chi connectivity index (χ2v) is 11.4. The van der Waals surface area contributed by atoms with E-state index in [9.17, 15) is 13.2 Å². The first kappa shape index (κ1) is 31.6. The molecule has 6 nitrogen and oxygen atoms in total. The smallest absolute Gasteiger partial charge is 0.242 e. The lowest BCUT2D eigenvalue weighted by Gasteiger charge is -2.10. The maximum atomic E-state index is 12.4. The summed E-state index contributed by atoms with van der Waals surface area (Å²) in [6.07, 6.45) is 12.7. The van der Waals surface area contributed by atoms with Gasteiger partial charge in [-0.25, -0.2) is 13.1 Å². The molecule has 0 bridgehead atoms. The van der Waals surface area contributed by atoms with Crippen molar-refractivity contribution in [3.8, 4) is 0 Å². The average Bonchev–Trinajstić information content (AvgIpc) is 2.80. The number of rotatable bonds is 21. The molecule has 0 aliphatic heterocycles. The lowest BCUT2D eigenvalue weighted by molar-refractivity contribution is -0.119. The maximum Gasteiger partial charge on any atom is 0.242 e. The SMILES string of the molecule is NCCCNCCCCCCCCCC(=O)CCCCCNS(=O)(=O)c1ccc(Cl)c(Cl)c1Cl. The highest BCUT2D eigenvalue weighted by Gasteiger charge is 2.20. The van der Waals surface area contributed by atoms with Crippen molar-refractivity contribution in [2.24, 2.45) is 5.73 Å². The Morgan fingerprint density at radius 2 is 1.26 bits per heavy atom. The topological polar surface area (TPSA) is 101 Å². The molecule has 0 saturated heterocycles. The fourth-order valence-corrected chi connectivity index (χ4v) is 5.61. The molecule has 0 radical (unpaired) electrons. The van der Waals surface area contributed by atoms with Crippen LogP contribution >= 0.6 is 34.8 Å². The lowest BCUT2D eigenvalue weighted by Crippen LogP contribution is -2.25. The molecule has 0 unspecified atom stereocenters. The average molecular weight is 557 g/mol. The van der Waals surface area contributed by atoms with E-state index in [0.717, 1.165) is 51.7 Å². The highest BCUT2D eigenvalue weighted by molar-refractivity contribution is 7.89. The third kappa shape index (κ3) is 13.6. The van der Waals surface area contributed by atoms with Crippen molar-refractivity contribution in [2.45, 2.75) is 88.4 Å². The second kappa shape index (κ2) is 18.8. The number of ketones is 1. The van der Waals surface area contributed by atoms with Crippen molar-refractivity contribution in [1.82, 2.24) is 10.0 Å². The highest BCUT2D eigenvalue weighted by Crippen LogP contribution is 2.34. The van der Waals surface area contributed by atoms with Crippen LogP contribution in [0, 0.1) is 0 Å². The molecule has 196 valence electrons. The molecule has 0 aliphatic rings. The van der Waals surface area contributed by atoms with Crippen LogP contribution in [0.15, 0.2) is 17.0 Å². The van der Waals surface area contributed by atoms with Crippen molar-refractivity contribution >= 4 is 50.6 Å². The summed E-state index contributed by atoms with van der Waals surface area (Å²) < 4.78 is 27.3. The number of benzene rings is 1. The predicted octanol–water partition coefficient (Wildman–Crippen LogP) is 6.11. The highest BCUT2D eigenvalue weighted by atomic mass is 35.5. The normalized spacial score (nSPS) is 11.8. The van der Waals surface area contributed by atoms with Gasteiger partial charge in [0, 0.05) is 19.4 Å². The number of hydrogen-bond donors (Lipinski definition) is 3. The van der Waals surface area contributed by atoms with Crippen molar-refractivity contribution < 1.29 is 13.2 Å². The monoisotopic (exact) mass is 555 g/mol. The number of halogens is 3. The zero-order valence-electron chi connectivity index (χ0n) is 20.0. The van der Waals surface area contributed by atoms with E-state index in [1.165, 1.54) is 44.2 Å². The van der Waals surface area contributed by atoms with Crippen LogP contribution in [0.2, 0.25) is 15.1 Å². The number of carbonyl (C=O) groups is 1. The van der Waals surface area contributed by atoms with Gasteiger partial charge in [-0.05, 0) is 63.9 Å². The Hall–Kier alpha value is -0.410. The molecule has 34 heavy (non-hydrogen) atoms. The molecule has 10 heteroatoms. The first-order valence-corrected chi connectivity index (χ1v) is 15.0. The van der Waals surface area contributed by atoms with Crippen LogP contribution in [0.5, 0.6) is 0 Å². The first-order chi connectivity index (χ1) is 16.3. The van der Waals surface area contributed by atoms with E-state index in [1.807, 2.05) is 0 Å². The van der Waals surface area contributed by atoms with E-state index in [0.29, 0.717) is 25.0 Å². The van der Waals surface area contributed by atoms with Gasteiger partial charge in [0.2, 0.25) is 10.0 Å². The molecular weight excluding hydrogens is 517 g/mol. The molecule has 1 rings (SSSR count). The number of nitrogens with two attached hydrogens (primary N) is 1. The van der Waals surface area contributed by atoms with Crippen LogP contribution in [0.4, 0.5) is 0 Å². The van der Waals surface area contributed by atoms with Gasteiger partial charge in [0.25, 0.3) is 0 Å². The summed E-state index contributed by atoms with van der Waals surface area (Å²) in [5.41, 5.74) is 5.46. The molecule has 0 amide bonds. The van der Waals surface area contributed by atoms with E-state index in [1.54, 1.807) is 0 Å². The number of unbranched alkanes of at least 4 members (excludes halogenated alkanes) is 8. The molecule has 1 aromatic carbocycles. The number of Topliss-reactive ketones (excluding diaryl/α,β-unsaturated/α-hetero) is 1. The second-order valence-electron chi connectivity index (χ2n) is 8.54. The Bertz CT molecular complexity index is 823. The van der Waals surface area contributed by atoms with Crippen LogP contribution in [0.1, 0.15) is 83.5 Å². The number of hydrogen-bond acceptors (Lipinski definition) is 5. The van der Waals surface area contributed by atoms with Crippen LogP contribution in [-0.2, 0) is 14.8 Å². The van der Waals surface area contributed by atoms with E-state index in [-0.39, 0.29) is 26.5 Å². The minimum Gasteiger partial charge on any atom is -0.330 e. The Kier molecular flexibility index (Phi) is 17.5. The fraction of sp³-hybridized carbons (Fsp3) is 0.708. The molecule has 0 fully saturated rings. The maximum absolute atomic E-state index is 12.4. The van der Waals surface area contributed by atoms with Gasteiger partial charge in [-0.3, -0.25) is 4.79 Å². The minimum atomic E-state index is -3.76. The van der Waals surface area contributed by atoms with E-state index in [2.05, 4.69) is 10.0 Å². The molecule has 4 N–H and O–H groups in total. The zero-order chi connectivity index (χ0) is 25.2. The quantitative estimate of drug-likeness (QED) is 0.125. The summed E-state index contributed by atoms with van der Waals surface area (Å²) in [5, 5.41) is 3.53. The number of sulfonamides is 1. The van der Waals surface area contributed by atoms with E-state index >= 15 is 0 Å². The molecule has 0 aliphatic carbocycles. The molecule has 0 atom stereocenters. The van der Waals surface area contributed by atoms with Gasteiger partial charge in [-0.2, -0.15) is 0 Å². The van der Waals surface area contributed by atoms with Crippen LogP contribution < -0.4 is 15.8 Å². The van der Waals surface area contributed by atoms with Gasteiger partial charge in [0.05, 0.1) is 15.1 Å². The summed E-state index contributed by atoms with van der Waals surface area (Å²) in [5.74, 6) is 0.298. The Balaban J connectivity index is 2.00. The summed E-state index contributed by atoms with van der Waals surface area (Å²) in [7, 11) is -3.76. The van der Waals surface area contributed by atoms with Gasteiger partial charge in [0.15, 0.2) is 0 Å². The van der Waals surface area contributed by atoms with E-state index < -0.39 is 10.0 Å². The molecule has 0 heterocycles. The van der Waals surface area contributed by atoms with Gasteiger partial charge >= 0.3 is 0 Å². The summed E-state index contributed by atoms with van der Waals surface area (Å²) in [4.78, 5) is 11.9. The Morgan fingerprint density at radius 1 is 0.735 bits per heavy atom. The number of nitrogens with one attached hydrogen (secondary N) is 2. The van der Waals surface area contributed by atoms with Crippen molar-refractivity contribution in [1.29, 1.82) is 0 Å². The van der Waals surface area contributed by atoms with Gasteiger partial charge in [0.1, 0.15) is 10.7 Å². The third-order valence-corrected chi connectivity index (χ3v) is 8.49. The molecule has 0 saturated carbocycles. The molecular formula is C24H40Cl3N3O3S. The fourth-order valence-electron chi connectivity index (χ4n) is 3.56. The molecule has 0 spiro atoms. The van der Waals surface area contributed by atoms with Crippen molar-refractivity contribution in [2.75, 3.05) is 26.2 Å². The third-order valence-electron chi connectivity index (χ3n) is 5.58. The number of carbonyl (C=O) groups excluding carboxylic acids is 1. The summed E-state index contributed by atoms with van der Waals surface area (Å²) >= 11 is 17.8. The predicted molar refractivity (Wildman–Crippen MR) is 144 cm³/mol. The van der Waals surface area contributed by atoms with Gasteiger partial charge in [-0.1, -0.05) is 73.3 Å². The van der Waals surface area contributed by atoms with Gasteiger partial charge < -0.3 is 11.1 Å². The zero-order valence-corrected chi connectivity index (χ0v) is 23.1. The summed E-state index contributed by atoms with van der Waals surface area (Å²) in [6.45, 7) is 3.11. The van der Waals surface area contributed by atoms with Crippen LogP contribution in [0.3, 0.4) is 0 Å². The summed E-state index contributed by atoms with van der Waals surface area (Å²) in [6, 6.07) is 2.74. The Morgan fingerprint density at radius 3 is 1.91 bits per heavy atom.